The molecule has 3 aromatic rings. The molecule has 5 nitrogen and oxygen atoms in total. The molecule has 1 fully saturated rings. The van der Waals surface area contributed by atoms with Crippen molar-refractivity contribution in [3.05, 3.63) is 82.9 Å². The molecule has 3 atom stereocenters. The molecule has 0 spiro atoms. The van der Waals surface area contributed by atoms with Gasteiger partial charge in [-0.15, -0.1) is 0 Å². The highest BCUT2D eigenvalue weighted by molar-refractivity contribution is 5.96. The molecule has 3 aromatic carbocycles. The normalized spacial score (nSPS) is 20.7. The molecular formula is C31H35NO4. The lowest BCUT2D eigenvalue weighted by molar-refractivity contribution is 0.169. The van der Waals surface area contributed by atoms with E-state index in [9.17, 15) is 10.2 Å². The van der Waals surface area contributed by atoms with Gasteiger partial charge in [0.15, 0.2) is 0 Å². The first-order valence-electron chi connectivity index (χ1n) is 12.8. The molecule has 2 N–H and O–H groups in total. The van der Waals surface area contributed by atoms with Crippen LogP contribution in [0, 0.1) is 12.8 Å². The van der Waals surface area contributed by atoms with E-state index in [4.69, 9.17) is 9.47 Å². The van der Waals surface area contributed by atoms with Crippen molar-refractivity contribution >= 4 is 11.1 Å². The van der Waals surface area contributed by atoms with E-state index in [-0.39, 0.29) is 17.6 Å². The number of ether oxygens (including phenoxy) is 2. The van der Waals surface area contributed by atoms with Gasteiger partial charge in [-0.25, -0.2) is 0 Å². The minimum Gasteiger partial charge on any atom is -0.508 e. The Morgan fingerprint density at radius 1 is 1.03 bits per heavy atom. The summed E-state index contributed by atoms with van der Waals surface area (Å²) >= 11 is 0. The number of hydrogen-bond donors (Lipinski definition) is 2. The Bertz CT molecular complexity index is 1280. The molecule has 188 valence electrons. The number of aryl methyl sites for hydroxylation is 1. The highest BCUT2D eigenvalue weighted by Crippen LogP contribution is 2.49. The van der Waals surface area contributed by atoms with Crippen molar-refractivity contribution in [2.24, 2.45) is 5.92 Å². The monoisotopic (exact) mass is 485 g/mol. The summed E-state index contributed by atoms with van der Waals surface area (Å²) in [5.74, 6) is 2.79. The molecule has 2 heterocycles. The van der Waals surface area contributed by atoms with Crippen LogP contribution in [0.15, 0.2) is 60.7 Å². The second-order valence-corrected chi connectivity index (χ2v) is 10.3. The molecule has 2 aliphatic heterocycles. The molecule has 1 saturated heterocycles. The molecule has 0 radical (unpaired) electrons. The van der Waals surface area contributed by atoms with Gasteiger partial charge in [-0.05, 0) is 98.3 Å². The summed E-state index contributed by atoms with van der Waals surface area (Å²) in [6.45, 7) is 11.5. The number of rotatable bonds is 6. The lowest BCUT2D eigenvalue weighted by Gasteiger charge is -2.32. The SMILES string of the molecule is CC1=C(c2cccc(O)c2)C(c2ccc(OC[C@H](C)N3CC[C@@H](C)C3)cc2)Oc2c(C)cc(O)cc21. The maximum absolute atomic E-state index is 10.2. The van der Waals surface area contributed by atoms with Gasteiger partial charge >= 0.3 is 0 Å². The molecule has 0 amide bonds. The van der Waals surface area contributed by atoms with E-state index in [0.29, 0.717) is 12.6 Å². The van der Waals surface area contributed by atoms with Crippen LogP contribution in [0.2, 0.25) is 0 Å². The predicted molar refractivity (Wildman–Crippen MR) is 144 cm³/mol. The zero-order chi connectivity index (χ0) is 25.4. The highest BCUT2D eigenvalue weighted by Gasteiger charge is 2.31. The fraction of sp³-hybridized carbons (Fsp3) is 0.355. The molecule has 5 heteroatoms. The smallest absolute Gasteiger partial charge is 0.150 e. The van der Waals surface area contributed by atoms with Gasteiger partial charge in [-0.1, -0.05) is 31.2 Å². The first-order chi connectivity index (χ1) is 17.3. The number of phenols is 2. The Morgan fingerprint density at radius 3 is 2.50 bits per heavy atom. The fourth-order valence-electron chi connectivity index (χ4n) is 5.41. The second kappa shape index (κ2) is 9.90. The maximum Gasteiger partial charge on any atom is 0.150 e. The van der Waals surface area contributed by atoms with Crippen LogP contribution in [0.3, 0.4) is 0 Å². The van der Waals surface area contributed by atoms with Gasteiger partial charge < -0.3 is 19.7 Å². The van der Waals surface area contributed by atoms with Crippen molar-refractivity contribution in [1.29, 1.82) is 0 Å². The maximum atomic E-state index is 10.2. The molecule has 2 aliphatic rings. The van der Waals surface area contributed by atoms with Crippen molar-refractivity contribution in [2.75, 3.05) is 19.7 Å². The third-order valence-corrected chi connectivity index (χ3v) is 7.48. The van der Waals surface area contributed by atoms with E-state index >= 15 is 0 Å². The summed E-state index contributed by atoms with van der Waals surface area (Å²) in [5.41, 5.74) is 5.62. The van der Waals surface area contributed by atoms with Gasteiger partial charge in [0, 0.05) is 23.7 Å². The summed E-state index contributed by atoms with van der Waals surface area (Å²) in [4.78, 5) is 2.50. The summed E-state index contributed by atoms with van der Waals surface area (Å²) in [6, 6.07) is 19.2. The van der Waals surface area contributed by atoms with E-state index in [1.165, 1.54) is 6.42 Å². The van der Waals surface area contributed by atoms with Crippen molar-refractivity contribution in [3.8, 4) is 23.0 Å². The third kappa shape index (κ3) is 4.80. The van der Waals surface area contributed by atoms with Crippen LogP contribution in [0.5, 0.6) is 23.0 Å². The van der Waals surface area contributed by atoms with Crippen LogP contribution in [-0.4, -0.2) is 40.9 Å². The average Bonchev–Trinajstić information content (AvgIpc) is 3.29. The van der Waals surface area contributed by atoms with Gasteiger partial charge in [0.1, 0.15) is 35.7 Å². The number of hydrogen-bond acceptors (Lipinski definition) is 5. The predicted octanol–water partition coefficient (Wildman–Crippen LogP) is 6.58. The number of fused-ring (bicyclic) bond motifs is 1. The molecule has 0 aromatic heterocycles. The average molecular weight is 486 g/mol. The Balaban J connectivity index is 1.43. The number of benzene rings is 3. The zero-order valence-corrected chi connectivity index (χ0v) is 21.5. The number of allylic oxidation sites excluding steroid dienone is 1. The van der Waals surface area contributed by atoms with E-state index in [0.717, 1.165) is 63.9 Å². The lowest BCUT2D eigenvalue weighted by atomic mass is 9.85. The zero-order valence-electron chi connectivity index (χ0n) is 21.5. The molecule has 0 bridgehead atoms. The number of phenolic OH excluding ortho intramolecular Hbond substituents is 2. The van der Waals surface area contributed by atoms with Gasteiger partial charge in [0.25, 0.3) is 0 Å². The molecule has 5 rings (SSSR count). The molecular weight excluding hydrogens is 450 g/mol. The van der Waals surface area contributed by atoms with Crippen LogP contribution in [-0.2, 0) is 0 Å². The van der Waals surface area contributed by atoms with Gasteiger partial charge in [-0.3, -0.25) is 4.90 Å². The Kier molecular flexibility index (Phi) is 6.67. The van der Waals surface area contributed by atoms with Gasteiger partial charge in [0.2, 0.25) is 0 Å². The van der Waals surface area contributed by atoms with Gasteiger partial charge in [0.05, 0.1) is 0 Å². The lowest BCUT2D eigenvalue weighted by Crippen LogP contribution is -2.35. The van der Waals surface area contributed by atoms with E-state index in [1.807, 2.05) is 38.1 Å². The first kappa shape index (κ1) is 24.3. The summed E-state index contributed by atoms with van der Waals surface area (Å²) in [6.07, 6.45) is 0.901. The van der Waals surface area contributed by atoms with E-state index in [2.05, 4.69) is 30.9 Å². The largest absolute Gasteiger partial charge is 0.508 e. The fourth-order valence-corrected chi connectivity index (χ4v) is 5.41. The summed E-state index contributed by atoms with van der Waals surface area (Å²) < 4.78 is 12.7. The second-order valence-electron chi connectivity index (χ2n) is 10.3. The van der Waals surface area contributed by atoms with Crippen LogP contribution in [0.1, 0.15) is 55.5 Å². The minimum absolute atomic E-state index is 0.203. The molecule has 1 unspecified atom stereocenters. The Hall–Kier alpha value is -3.44. The summed E-state index contributed by atoms with van der Waals surface area (Å²) in [7, 11) is 0. The van der Waals surface area contributed by atoms with Crippen molar-refractivity contribution in [1.82, 2.24) is 4.90 Å². The third-order valence-electron chi connectivity index (χ3n) is 7.48. The molecule has 36 heavy (non-hydrogen) atoms. The minimum atomic E-state index is -0.360. The standard InChI is InChI=1S/C31H35NO4/c1-19-12-13-32(17-19)21(3)18-35-27-10-8-23(9-11-27)31-29(24-6-5-7-25(33)15-24)22(4)28-16-26(34)14-20(2)30(28)36-31/h5-11,14-16,19,21,31,33-34H,12-13,17-18H2,1-4H3/t19-,21+,31?/m1/s1. The Labute approximate surface area is 213 Å². The van der Waals surface area contributed by atoms with Crippen molar-refractivity contribution in [2.45, 2.75) is 46.3 Å². The van der Waals surface area contributed by atoms with Crippen LogP contribution in [0.4, 0.5) is 0 Å². The first-order valence-corrected chi connectivity index (χ1v) is 12.8. The van der Waals surface area contributed by atoms with Crippen LogP contribution >= 0.6 is 0 Å². The van der Waals surface area contributed by atoms with Crippen LogP contribution in [0.25, 0.3) is 11.1 Å². The topological polar surface area (TPSA) is 62.2 Å². The van der Waals surface area contributed by atoms with Gasteiger partial charge in [-0.2, -0.15) is 0 Å². The van der Waals surface area contributed by atoms with Crippen molar-refractivity contribution in [3.63, 3.8) is 0 Å². The molecule has 0 aliphatic carbocycles. The number of aromatic hydroxyl groups is 2. The Morgan fingerprint density at radius 2 is 1.81 bits per heavy atom. The van der Waals surface area contributed by atoms with Crippen molar-refractivity contribution < 1.29 is 19.7 Å². The number of likely N-dealkylation sites (tertiary alicyclic amines) is 1. The van der Waals surface area contributed by atoms with Crippen LogP contribution < -0.4 is 9.47 Å². The quantitative estimate of drug-likeness (QED) is 0.413. The van der Waals surface area contributed by atoms with E-state index in [1.54, 1.807) is 24.3 Å². The number of nitrogens with zero attached hydrogens (tertiary/aromatic N) is 1. The highest BCUT2D eigenvalue weighted by atomic mass is 16.5. The summed E-state index contributed by atoms with van der Waals surface area (Å²) in [5, 5.41) is 20.4. The molecule has 0 saturated carbocycles. The van der Waals surface area contributed by atoms with E-state index < -0.39 is 0 Å².